The minimum atomic E-state index is -0.227. The largest absolute Gasteiger partial charge is 0.494 e. The number of rotatable bonds is 6. The molecule has 0 bridgehead atoms. The van der Waals surface area contributed by atoms with Crippen LogP contribution in [0.25, 0.3) is 0 Å². The molecule has 0 aromatic heterocycles. The van der Waals surface area contributed by atoms with Crippen molar-refractivity contribution in [3.8, 4) is 5.75 Å². The van der Waals surface area contributed by atoms with E-state index in [0.29, 0.717) is 35.8 Å². The van der Waals surface area contributed by atoms with Gasteiger partial charge >= 0.3 is 0 Å². The second-order valence-electron chi connectivity index (χ2n) is 4.50. The third-order valence-corrected chi connectivity index (χ3v) is 3.11. The monoisotopic (exact) mass is 304 g/mol. The van der Waals surface area contributed by atoms with E-state index in [1.807, 2.05) is 30.3 Å². The highest BCUT2D eigenvalue weighted by Gasteiger charge is 2.09. The SMILES string of the molecule is Nc1ccc(Cl)cc1C(=O)NCCCOc1ccccc1. The molecule has 0 saturated heterocycles. The minimum Gasteiger partial charge on any atom is -0.494 e. The van der Waals surface area contributed by atoms with E-state index in [1.165, 1.54) is 0 Å². The second kappa shape index (κ2) is 7.55. The predicted molar refractivity (Wildman–Crippen MR) is 84.8 cm³/mol. The Morgan fingerprint density at radius 3 is 2.71 bits per heavy atom. The van der Waals surface area contributed by atoms with Gasteiger partial charge in [0.15, 0.2) is 0 Å². The molecule has 2 aromatic carbocycles. The fourth-order valence-corrected chi connectivity index (χ4v) is 1.97. The highest BCUT2D eigenvalue weighted by Crippen LogP contribution is 2.17. The fourth-order valence-electron chi connectivity index (χ4n) is 1.80. The standard InChI is InChI=1S/C16H17ClN2O2/c17-12-7-8-15(18)14(11-12)16(20)19-9-4-10-21-13-5-2-1-3-6-13/h1-3,5-8,11H,4,9-10,18H2,(H,19,20). The first kappa shape index (κ1) is 15.2. The predicted octanol–water partition coefficient (Wildman–Crippen LogP) is 3.12. The maximum absolute atomic E-state index is 12.0. The molecule has 0 atom stereocenters. The summed E-state index contributed by atoms with van der Waals surface area (Å²) in [4.78, 5) is 12.0. The van der Waals surface area contributed by atoms with E-state index < -0.39 is 0 Å². The van der Waals surface area contributed by atoms with Gasteiger partial charge in [-0.1, -0.05) is 29.8 Å². The molecule has 3 N–H and O–H groups in total. The number of para-hydroxylation sites is 1. The number of halogens is 1. The van der Waals surface area contributed by atoms with Crippen LogP contribution in [0.5, 0.6) is 5.75 Å². The van der Waals surface area contributed by atoms with Crippen LogP contribution in [0.15, 0.2) is 48.5 Å². The van der Waals surface area contributed by atoms with Gasteiger partial charge in [0, 0.05) is 17.3 Å². The smallest absolute Gasteiger partial charge is 0.253 e. The number of anilines is 1. The molecule has 110 valence electrons. The molecule has 0 fully saturated rings. The van der Waals surface area contributed by atoms with E-state index in [-0.39, 0.29) is 5.91 Å². The van der Waals surface area contributed by atoms with Crippen molar-refractivity contribution in [2.24, 2.45) is 0 Å². The quantitative estimate of drug-likeness (QED) is 0.636. The summed E-state index contributed by atoms with van der Waals surface area (Å²) in [6, 6.07) is 14.4. The van der Waals surface area contributed by atoms with Crippen LogP contribution in [0.1, 0.15) is 16.8 Å². The van der Waals surface area contributed by atoms with Crippen LogP contribution in [0.4, 0.5) is 5.69 Å². The number of hydrogen-bond acceptors (Lipinski definition) is 3. The maximum Gasteiger partial charge on any atom is 0.253 e. The van der Waals surface area contributed by atoms with Crippen molar-refractivity contribution in [2.45, 2.75) is 6.42 Å². The van der Waals surface area contributed by atoms with Gasteiger partial charge in [-0.05, 0) is 36.8 Å². The number of amides is 1. The fraction of sp³-hybridized carbons (Fsp3) is 0.188. The van der Waals surface area contributed by atoms with Crippen LogP contribution < -0.4 is 15.8 Å². The summed E-state index contributed by atoms with van der Waals surface area (Å²) < 4.78 is 5.54. The molecule has 4 nitrogen and oxygen atoms in total. The molecule has 0 saturated carbocycles. The van der Waals surface area contributed by atoms with Crippen molar-refractivity contribution in [1.82, 2.24) is 5.32 Å². The molecule has 0 heterocycles. The molecule has 0 radical (unpaired) electrons. The van der Waals surface area contributed by atoms with Crippen LogP contribution >= 0.6 is 11.6 Å². The molecule has 0 spiro atoms. The summed E-state index contributed by atoms with van der Waals surface area (Å²) in [6.07, 6.45) is 0.709. The summed E-state index contributed by atoms with van der Waals surface area (Å²) in [7, 11) is 0. The van der Waals surface area contributed by atoms with E-state index in [4.69, 9.17) is 22.1 Å². The van der Waals surface area contributed by atoms with Crippen molar-refractivity contribution < 1.29 is 9.53 Å². The zero-order chi connectivity index (χ0) is 15.1. The number of nitrogen functional groups attached to an aromatic ring is 1. The molecule has 0 aliphatic heterocycles. The lowest BCUT2D eigenvalue weighted by atomic mass is 10.1. The molecule has 2 rings (SSSR count). The average Bonchev–Trinajstić information content (AvgIpc) is 2.50. The molecular weight excluding hydrogens is 288 g/mol. The Balaban J connectivity index is 1.73. The zero-order valence-corrected chi connectivity index (χ0v) is 12.3. The molecule has 1 amide bonds. The van der Waals surface area contributed by atoms with Gasteiger partial charge in [0.1, 0.15) is 5.75 Å². The number of nitrogens with one attached hydrogen (secondary N) is 1. The van der Waals surface area contributed by atoms with E-state index in [0.717, 1.165) is 5.75 Å². The maximum atomic E-state index is 12.0. The van der Waals surface area contributed by atoms with Gasteiger partial charge in [-0.3, -0.25) is 4.79 Å². The van der Waals surface area contributed by atoms with Crippen molar-refractivity contribution in [2.75, 3.05) is 18.9 Å². The van der Waals surface area contributed by atoms with Gasteiger partial charge in [-0.25, -0.2) is 0 Å². The highest BCUT2D eigenvalue weighted by atomic mass is 35.5. The summed E-state index contributed by atoms with van der Waals surface area (Å²) in [5, 5.41) is 3.28. The molecule has 2 aromatic rings. The van der Waals surface area contributed by atoms with Gasteiger partial charge in [0.2, 0.25) is 0 Å². The van der Waals surface area contributed by atoms with Crippen molar-refractivity contribution in [3.63, 3.8) is 0 Å². The Morgan fingerprint density at radius 1 is 1.19 bits per heavy atom. The van der Waals surface area contributed by atoms with Crippen molar-refractivity contribution in [1.29, 1.82) is 0 Å². The Kier molecular flexibility index (Phi) is 5.46. The first-order valence-electron chi connectivity index (χ1n) is 6.68. The van der Waals surface area contributed by atoms with Gasteiger partial charge in [-0.15, -0.1) is 0 Å². The summed E-state index contributed by atoms with van der Waals surface area (Å²) in [5.74, 6) is 0.595. The lowest BCUT2D eigenvalue weighted by Gasteiger charge is -2.09. The summed E-state index contributed by atoms with van der Waals surface area (Å²) >= 11 is 5.86. The first-order chi connectivity index (χ1) is 10.2. The molecular formula is C16H17ClN2O2. The van der Waals surface area contributed by atoms with Gasteiger partial charge in [0.05, 0.1) is 12.2 Å². The highest BCUT2D eigenvalue weighted by molar-refractivity contribution is 6.31. The Morgan fingerprint density at radius 2 is 1.95 bits per heavy atom. The van der Waals surface area contributed by atoms with E-state index >= 15 is 0 Å². The third-order valence-electron chi connectivity index (χ3n) is 2.88. The number of ether oxygens (including phenoxy) is 1. The van der Waals surface area contributed by atoms with Crippen molar-refractivity contribution in [3.05, 3.63) is 59.1 Å². The topological polar surface area (TPSA) is 64.4 Å². The van der Waals surface area contributed by atoms with E-state index in [1.54, 1.807) is 18.2 Å². The van der Waals surface area contributed by atoms with Crippen LogP contribution in [-0.2, 0) is 0 Å². The van der Waals surface area contributed by atoms with E-state index in [9.17, 15) is 4.79 Å². The molecule has 0 unspecified atom stereocenters. The lowest BCUT2D eigenvalue weighted by Crippen LogP contribution is -2.26. The number of nitrogens with two attached hydrogens (primary N) is 1. The van der Waals surface area contributed by atoms with E-state index in [2.05, 4.69) is 5.32 Å². The Labute approximate surface area is 128 Å². The van der Waals surface area contributed by atoms with Crippen LogP contribution in [0, 0.1) is 0 Å². The molecule has 0 aliphatic carbocycles. The number of benzene rings is 2. The van der Waals surface area contributed by atoms with Gasteiger partial charge < -0.3 is 15.8 Å². The number of carbonyl (C=O) groups is 1. The Bertz CT molecular complexity index is 602. The summed E-state index contributed by atoms with van der Waals surface area (Å²) in [6.45, 7) is 1.05. The van der Waals surface area contributed by atoms with Crippen LogP contribution in [-0.4, -0.2) is 19.1 Å². The minimum absolute atomic E-state index is 0.227. The molecule has 21 heavy (non-hydrogen) atoms. The van der Waals surface area contributed by atoms with Gasteiger partial charge in [0.25, 0.3) is 5.91 Å². The first-order valence-corrected chi connectivity index (χ1v) is 7.05. The average molecular weight is 305 g/mol. The van der Waals surface area contributed by atoms with Crippen molar-refractivity contribution >= 4 is 23.2 Å². The van der Waals surface area contributed by atoms with Gasteiger partial charge in [-0.2, -0.15) is 0 Å². The third kappa shape index (κ3) is 4.68. The zero-order valence-electron chi connectivity index (χ0n) is 11.5. The van der Waals surface area contributed by atoms with Crippen LogP contribution in [0.2, 0.25) is 5.02 Å². The molecule has 0 aliphatic rings. The summed E-state index contributed by atoms with van der Waals surface area (Å²) in [5.41, 5.74) is 6.56. The molecule has 5 heteroatoms. The lowest BCUT2D eigenvalue weighted by molar-refractivity contribution is 0.0952. The van der Waals surface area contributed by atoms with Crippen LogP contribution in [0.3, 0.4) is 0 Å². The second-order valence-corrected chi connectivity index (χ2v) is 4.94. The Hall–Kier alpha value is -2.20. The number of hydrogen-bond donors (Lipinski definition) is 2. The normalized spacial score (nSPS) is 10.1. The number of carbonyl (C=O) groups excluding carboxylic acids is 1.